The predicted octanol–water partition coefficient (Wildman–Crippen LogP) is 4.26. The molecule has 144 valence electrons. The Morgan fingerprint density at radius 1 is 1.04 bits per heavy atom. The molecular weight excluding hydrogens is 356 g/mol. The van der Waals surface area contributed by atoms with Gasteiger partial charge in [-0.2, -0.15) is 0 Å². The Hall–Kier alpha value is -3.34. The van der Waals surface area contributed by atoms with Gasteiger partial charge < -0.3 is 14.2 Å². The summed E-state index contributed by atoms with van der Waals surface area (Å²) >= 11 is 0. The molecule has 1 aliphatic rings. The van der Waals surface area contributed by atoms with Crippen molar-refractivity contribution in [1.29, 1.82) is 0 Å². The van der Waals surface area contributed by atoms with Gasteiger partial charge in [0.2, 0.25) is 5.76 Å². The topological polar surface area (TPSA) is 61.8 Å². The van der Waals surface area contributed by atoms with E-state index in [0.717, 1.165) is 11.1 Å². The molecule has 0 aromatic heterocycles. The number of benzene rings is 2. The van der Waals surface area contributed by atoms with Gasteiger partial charge in [-0.3, -0.25) is 0 Å². The molecule has 2 aromatic carbocycles. The van der Waals surface area contributed by atoms with E-state index in [1.165, 1.54) is 6.08 Å². The van der Waals surface area contributed by atoms with E-state index in [1.54, 1.807) is 13.0 Å². The van der Waals surface area contributed by atoms with Crippen LogP contribution in [0.1, 0.15) is 30.4 Å². The maximum absolute atomic E-state index is 12.2. The molecule has 0 N–H and O–H groups in total. The van der Waals surface area contributed by atoms with Crippen molar-refractivity contribution in [3.05, 3.63) is 95.5 Å². The summed E-state index contributed by atoms with van der Waals surface area (Å²) in [4.78, 5) is 24.4. The molecule has 1 atom stereocenters. The average Bonchev–Trinajstić information content (AvgIpc) is 2.73. The Bertz CT molecular complexity index is 868. The van der Waals surface area contributed by atoms with Crippen LogP contribution in [0.15, 0.2) is 84.3 Å². The Morgan fingerprint density at radius 3 is 2.39 bits per heavy atom. The van der Waals surface area contributed by atoms with Gasteiger partial charge in [0.25, 0.3) is 0 Å². The summed E-state index contributed by atoms with van der Waals surface area (Å²) in [6.07, 6.45) is 3.48. The molecule has 0 amide bonds. The SMILES string of the molecule is CCOC(=O)C1=C[C@@H](c2ccccc2)C/C(=C\C(=O)OCc2ccccc2)O1. The second-order valence-electron chi connectivity index (χ2n) is 6.28. The molecule has 0 saturated carbocycles. The molecule has 0 spiro atoms. The number of carbonyl (C=O) groups excluding carboxylic acids is 2. The maximum atomic E-state index is 12.2. The molecule has 1 heterocycles. The van der Waals surface area contributed by atoms with Gasteiger partial charge in [-0.25, -0.2) is 9.59 Å². The minimum Gasteiger partial charge on any atom is -0.460 e. The molecule has 0 bridgehead atoms. The molecule has 2 aromatic rings. The van der Waals surface area contributed by atoms with Gasteiger partial charge in [0.15, 0.2) is 0 Å². The van der Waals surface area contributed by atoms with E-state index in [0.29, 0.717) is 12.2 Å². The molecule has 0 unspecified atom stereocenters. The highest BCUT2D eigenvalue weighted by molar-refractivity contribution is 5.87. The second-order valence-corrected chi connectivity index (χ2v) is 6.28. The number of rotatable bonds is 6. The molecular formula is C23H22O5. The first kappa shape index (κ1) is 19.4. The number of ether oxygens (including phenoxy) is 3. The Balaban J connectivity index is 1.74. The van der Waals surface area contributed by atoms with E-state index in [4.69, 9.17) is 14.2 Å². The number of esters is 2. The summed E-state index contributed by atoms with van der Waals surface area (Å²) in [5.41, 5.74) is 1.92. The van der Waals surface area contributed by atoms with Crippen molar-refractivity contribution in [1.82, 2.24) is 0 Å². The first-order valence-electron chi connectivity index (χ1n) is 9.18. The lowest BCUT2D eigenvalue weighted by molar-refractivity contribution is -0.143. The highest BCUT2D eigenvalue weighted by Crippen LogP contribution is 2.33. The van der Waals surface area contributed by atoms with Crippen molar-refractivity contribution < 1.29 is 23.8 Å². The smallest absolute Gasteiger partial charge is 0.373 e. The third-order valence-electron chi connectivity index (χ3n) is 4.22. The summed E-state index contributed by atoms with van der Waals surface area (Å²) in [6.45, 7) is 2.15. The third kappa shape index (κ3) is 5.33. The largest absolute Gasteiger partial charge is 0.460 e. The first-order chi connectivity index (χ1) is 13.7. The zero-order valence-corrected chi connectivity index (χ0v) is 15.7. The van der Waals surface area contributed by atoms with Crippen LogP contribution in [0.4, 0.5) is 0 Å². The van der Waals surface area contributed by atoms with Crippen molar-refractivity contribution in [2.75, 3.05) is 6.61 Å². The summed E-state index contributed by atoms with van der Waals surface area (Å²) in [5, 5.41) is 0. The van der Waals surface area contributed by atoms with Gasteiger partial charge in [-0.15, -0.1) is 0 Å². The van der Waals surface area contributed by atoms with E-state index >= 15 is 0 Å². The van der Waals surface area contributed by atoms with Crippen LogP contribution in [0.25, 0.3) is 0 Å². The number of allylic oxidation sites excluding steroid dienone is 2. The van der Waals surface area contributed by atoms with Gasteiger partial charge in [0, 0.05) is 12.3 Å². The van der Waals surface area contributed by atoms with Gasteiger partial charge in [-0.1, -0.05) is 60.7 Å². The van der Waals surface area contributed by atoms with Crippen LogP contribution in [0.5, 0.6) is 0 Å². The first-order valence-corrected chi connectivity index (χ1v) is 9.18. The lowest BCUT2D eigenvalue weighted by Gasteiger charge is -2.23. The van der Waals surface area contributed by atoms with E-state index < -0.39 is 11.9 Å². The lowest BCUT2D eigenvalue weighted by Crippen LogP contribution is -2.17. The second kappa shape index (κ2) is 9.55. The van der Waals surface area contributed by atoms with Crippen molar-refractivity contribution >= 4 is 11.9 Å². The molecule has 0 saturated heterocycles. The summed E-state index contributed by atoms with van der Waals surface area (Å²) in [6, 6.07) is 19.2. The number of carbonyl (C=O) groups is 2. The zero-order valence-electron chi connectivity index (χ0n) is 15.7. The van der Waals surface area contributed by atoms with Gasteiger partial charge >= 0.3 is 11.9 Å². The average molecular weight is 378 g/mol. The Morgan fingerprint density at radius 2 is 1.71 bits per heavy atom. The van der Waals surface area contributed by atoms with Crippen LogP contribution in [-0.4, -0.2) is 18.5 Å². The van der Waals surface area contributed by atoms with Crippen LogP contribution in [0.2, 0.25) is 0 Å². The van der Waals surface area contributed by atoms with Crippen LogP contribution >= 0.6 is 0 Å². The molecule has 0 fully saturated rings. The summed E-state index contributed by atoms with van der Waals surface area (Å²) < 4.78 is 16.0. The molecule has 1 aliphatic heterocycles. The molecule has 28 heavy (non-hydrogen) atoms. The molecule has 5 heteroatoms. The van der Waals surface area contributed by atoms with Crippen molar-refractivity contribution in [2.45, 2.75) is 25.9 Å². The fourth-order valence-electron chi connectivity index (χ4n) is 2.89. The quantitative estimate of drug-likeness (QED) is 0.555. The van der Waals surface area contributed by atoms with Gasteiger partial charge in [0.05, 0.1) is 12.7 Å². The standard InChI is InChI=1S/C23H22O5/c1-2-26-23(25)21-14-19(18-11-7-4-8-12-18)13-20(28-21)15-22(24)27-16-17-9-5-3-6-10-17/h3-12,14-15,19H,2,13,16H2,1H3/b20-15+/t19-/m0/s1. The highest BCUT2D eigenvalue weighted by Gasteiger charge is 2.26. The monoisotopic (exact) mass is 378 g/mol. The maximum Gasteiger partial charge on any atom is 0.373 e. The zero-order chi connectivity index (χ0) is 19.8. The van der Waals surface area contributed by atoms with E-state index in [2.05, 4.69) is 0 Å². The third-order valence-corrected chi connectivity index (χ3v) is 4.22. The van der Waals surface area contributed by atoms with E-state index in [9.17, 15) is 9.59 Å². The minimum atomic E-state index is -0.549. The molecule has 0 radical (unpaired) electrons. The van der Waals surface area contributed by atoms with Gasteiger partial charge in [-0.05, 0) is 24.1 Å². The fourth-order valence-corrected chi connectivity index (χ4v) is 2.89. The minimum absolute atomic E-state index is 0.0871. The lowest BCUT2D eigenvalue weighted by atomic mass is 9.92. The van der Waals surface area contributed by atoms with Crippen LogP contribution in [0.3, 0.4) is 0 Å². The number of hydrogen-bond acceptors (Lipinski definition) is 5. The van der Waals surface area contributed by atoms with Crippen LogP contribution < -0.4 is 0 Å². The molecule has 5 nitrogen and oxygen atoms in total. The van der Waals surface area contributed by atoms with Gasteiger partial charge in [0.1, 0.15) is 12.4 Å². The number of hydrogen-bond donors (Lipinski definition) is 0. The summed E-state index contributed by atoms with van der Waals surface area (Å²) in [5.74, 6) is -0.702. The Kier molecular flexibility index (Phi) is 6.63. The van der Waals surface area contributed by atoms with E-state index in [-0.39, 0.29) is 24.9 Å². The predicted molar refractivity (Wildman–Crippen MR) is 104 cm³/mol. The van der Waals surface area contributed by atoms with Crippen molar-refractivity contribution in [2.24, 2.45) is 0 Å². The van der Waals surface area contributed by atoms with E-state index in [1.807, 2.05) is 60.7 Å². The normalized spacial score (nSPS) is 17.4. The van der Waals surface area contributed by atoms with Crippen LogP contribution in [-0.2, 0) is 30.4 Å². The summed E-state index contributed by atoms with van der Waals surface area (Å²) in [7, 11) is 0. The molecule has 0 aliphatic carbocycles. The highest BCUT2D eigenvalue weighted by atomic mass is 16.6. The Labute approximate surface area is 164 Å². The molecule has 3 rings (SSSR count). The van der Waals surface area contributed by atoms with Crippen molar-refractivity contribution in [3.63, 3.8) is 0 Å². The fraction of sp³-hybridized carbons (Fsp3) is 0.217. The van der Waals surface area contributed by atoms with Crippen molar-refractivity contribution in [3.8, 4) is 0 Å². The van der Waals surface area contributed by atoms with Crippen LogP contribution in [0, 0.1) is 0 Å².